The van der Waals surface area contributed by atoms with Gasteiger partial charge in [0.05, 0.1) is 7.11 Å². The molecule has 1 heterocycles. The maximum Gasteiger partial charge on any atom is 0.352 e. The highest BCUT2D eigenvalue weighted by Gasteiger charge is 2.17. The Morgan fingerprint density at radius 2 is 2.07 bits per heavy atom. The lowest BCUT2D eigenvalue weighted by Crippen LogP contribution is -2.00. The second kappa shape index (κ2) is 4.18. The van der Waals surface area contributed by atoms with Gasteiger partial charge in [-0.2, -0.15) is 0 Å². The zero-order chi connectivity index (χ0) is 10.7. The van der Waals surface area contributed by atoms with Crippen molar-refractivity contribution in [2.75, 3.05) is 7.11 Å². The van der Waals surface area contributed by atoms with E-state index in [1.54, 1.807) is 0 Å². The number of ether oxygens (including phenoxy) is 1. The van der Waals surface area contributed by atoms with Gasteiger partial charge in [0.25, 0.3) is 0 Å². The number of hydrogen-bond donors (Lipinski definition) is 0. The van der Waals surface area contributed by atoms with E-state index in [-0.39, 0.29) is 0 Å². The molecule has 0 spiro atoms. The largest absolute Gasteiger partial charge is 0.465 e. The van der Waals surface area contributed by atoms with Crippen molar-refractivity contribution in [3.05, 3.63) is 35.2 Å². The summed E-state index contributed by atoms with van der Waals surface area (Å²) in [7, 11) is 1.34. The zero-order valence-corrected chi connectivity index (χ0v) is 8.82. The molecule has 5 heteroatoms. The van der Waals surface area contributed by atoms with Crippen LogP contribution in [-0.4, -0.2) is 22.7 Å². The van der Waals surface area contributed by atoms with Gasteiger partial charge in [0.2, 0.25) is 0 Å². The standard InChI is InChI=1S/C10H8N2O2S/c1-14-10(13)9-8(11-12-15-9)7-5-3-2-4-6-7/h2-6H,1H3. The molecule has 0 amide bonds. The van der Waals surface area contributed by atoms with Crippen LogP contribution < -0.4 is 0 Å². The smallest absolute Gasteiger partial charge is 0.352 e. The van der Waals surface area contributed by atoms with Crippen LogP contribution in [-0.2, 0) is 4.74 Å². The second-order valence-corrected chi connectivity index (χ2v) is 3.56. The van der Waals surface area contributed by atoms with Crippen molar-refractivity contribution in [2.24, 2.45) is 0 Å². The van der Waals surface area contributed by atoms with Gasteiger partial charge in [-0.15, -0.1) is 5.10 Å². The second-order valence-electron chi connectivity index (χ2n) is 2.81. The predicted molar refractivity (Wildman–Crippen MR) is 56.7 cm³/mol. The number of nitrogens with zero attached hydrogens (tertiary/aromatic N) is 2. The highest BCUT2D eigenvalue weighted by atomic mass is 32.1. The number of rotatable bonds is 2. The first-order chi connectivity index (χ1) is 7.33. The van der Waals surface area contributed by atoms with E-state index >= 15 is 0 Å². The third-order valence-electron chi connectivity index (χ3n) is 1.91. The quantitative estimate of drug-likeness (QED) is 0.726. The van der Waals surface area contributed by atoms with E-state index in [2.05, 4.69) is 14.3 Å². The van der Waals surface area contributed by atoms with Gasteiger partial charge in [-0.25, -0.2) is 4.79 Å². The lowest BCUT2D eigenvalue weighted by atomic mass is 10.1. The van der Waals surface area contributed by atoms with Crippen molar-refractivity contribution < 1.29 is 9.53 Å². The molecule has 2 aromatic rings. The third-order valence-corrected chi connectivity index (χ3v) is 2.61. The van der Waals surface area contributed by atoms with Crippen LogP contribution in [0.3, 0.4) is 0 Å². The van der Waals surface area contributed by atoms with E-state index in [1.165, 1.54) is 7.11 Å². The van der Waals surface area contributed by atoms with E-state index in [1.807, 2.05) is 30.3 Å². The number of benzene rings is 1. The molecule has 1 aromatic carbocycles. The van der Waals surface area contributed by atoms with Gasteiger partial charge < -0.3 is 4.74 Å². The van der Waals surface area contributed by atoms with Gasteiger partial charge in [0.1, 0.15) is 5.69 Å². The van der Waals surface area contributed by atoms with Crippen LogP contribution in [0.25, 0.3) is 11.3 Å². The van der Waals surface area contributed by atoms with Crippen molar-refractivity contribution in [3.8, 4) is 11.3 Å². The van der Waals surface area contributed by atoms with E-state index in [9.17, 15) is 4.79 Å². The molecule has 2 rings (SSSR count). The minimum atomic E-state index is -0.399. The van der Waals surface area contributed by atoms with Crippen LogP contribution in [0.1, 0.15) is 9.67 Å². The summed E-state index contributed by atoms with van der Waals surface area (Å²) in [5, 5.41) is 3.92. The predicted octanol–water partition coefficient (Wildman–Crippen LogP) is 1.99. The number of carbonyl (C=O) groups excluding carboxylic acids is 1. The Morgan fingerprint density at radius 1 is 1.33 bits per heavy atom. The topological polar surface area (TPSA) is 52.1 Å². The highest BCUT2D eigenvalue weighted by molar-refractivity contribution is 7.08. The molecule has 0 unspecified atom stereocenters. The molecule has 0 aliphatic rings. The van der Waals surface area contributed by atoms with Crippen LogP contribution in [0, 0.1) is 0 Å². The molecule has 0 saturated carbocycles. The number of esters is 1. The van der Waals surface area contributed by atoms with E-state index in [0.717, 1.165) is 17.1 Å². The van der Waals surface area contributed by atoms with Crippen molar-refractivity contribution in [1.29, 1.82) is 0 Å². The molecule has 0 radical (unpaired) electrons. The molecule has 0 N–H and O–H groups in total. The fourth-order valence-electron chi connectivity index (χ4n) is 1.20. The molecular weight excluding hydrogens is 212 g/mol. The molecule has 1 aromatic heterocycles. The molecule has 0 fully saturated rings. The van der Waals surface area contributed by atoms with Crippen molar-refractivity contribution >= 4 is 17.5 Å². The van der Waals surface area contributed by atoms with Crippen LogP contribution in [0.4, 0.5) is 0 Å². The summed E-state index contributed by atoms with van der Waals surface area (Å²) in [6.45, 7) is 0. The molecule has 15 heavy (non-hydrogen) atoms. The van der Waals surface area contributed by atoms with Crippen LogP contribution in [0.2, 0.25) is 0 Å². The maximum atomic E-state index is 11.4. The summed E-state index contributed by atoms with van der Waals surface area (Å²) in [6.07, 6.45) is 0. The van der Waals surface area contributed by atoms with Gasteiger partial charge in [0.15, 0.2) is 4.88 Å². The lowest BCUT2D eigenvalue weighted by molar-refractivity contribution is 0.0607. The van der Waals surface area contributed by atoms with Crippen molar-refractivity contribution in [3.63, 3.8) is 0 Å². The normalized spacial score (nSPS) is 9.93. The summed E-state index contributed by atoms with van der Waals surface area (Å²) in [5.74, 6) is -0.399. The SMILES string of the molecule is COC(=O)c1snnc1-c1ccccc1. The first kappa shape index (κ1) is 9.79. The lowest BCUT2D eigenvalue weighted by Gasteiger charge is -1.98. The van der Waals surface area contributed by atoms with Crippen LogP contribution >= 0.6 is 11.5 Å². The van der Waals surface area contributed by atoms with Gasteiger partial charge >= 0.3 is 5.97 Å². The minimum absolute atomic E-state index is 0.399. The monoisotopic (exact) mass is 220 g/mol. The van der Waals surface area contributed by atoms with Crippen LogP contribution in [0.15, 0.2) is 30.3 Å². The van der Waals surface area contributed by atoms with Crippen molar-refractivity contribution in [1.82, 2.24) is 9.59 Å². The van der Waals surface area contributed by atoms with Gasteiger partial charge in [-0.1, -0.05) is 34.8 Å². The maximum absolute atomic E-state index is 11.4. The average Bonchev–Trinajstić information content (AvgIpc) is 2.78. The van der Waals surface area contributed by atoms with Gasteiger partial charge in [-0.3, -0.25) is 0 Å². The molecule has 0 saturated heterocycles. The minimum Gasteiger partial charge on any atom is -0.465 e. The number of carbonyl (C=O) groups is 1. The molecule has 76 valence electrons. The molecule has 0 atom stereocenters. The first-order valence-electron chi connectivity index (χ1n) is 4.29. The fourth-order valence-corrected chi connectivity index (χ4v) is 1.81. The Kier molecular flexibility index (Phi) is 2.73. The van der Waals surface area contributed by atoms with E-state index < -0.39 is 5.97 Å². The number of methoxy groups -OCH3 is 1. The average molecular weight is 220 g/mol. The Labute approximate surface area is 90.7 Å². The summed E-state index contributed by atoms with van der Waals surface area (Å²) in [4.78, 5) is 11.8. The molecule has 0 bridgehead atoms. The Bertz CT molecular complexity index is 467. The van der Waals surface area contributed by atoms with Crippen molar-refractivity contribution in [2.45, 2.75) is 0 Å². The molecular formula is C10H8N2O2S. The number of hydrogen-bond acceptors (Lipinski definition) is 5. The van der Waals surface area contributed by atoms with Gasteiger partial charge in [0, 0.05) is 5.56 Å². The Morgan fingerprint density at radius 3 is 2.73 bits per heavy atom. The highest BCUT2D eigenvalue weighted by Crippen LogP contribution is 2.23. The summed E-state index contributed by atoms with van der Waals surface area (Å²) >= 11 is 1.04. The van der Waals surface area contributed by atoms with Gasteiger partial charge in [-0.05, 0) is 11.5 Å². The first-order valence-corrected chi connectivity index (χ1v) is 5.06. The fraction of sp³-hybridized carbons (Fsp3) is 0.100. The summed E-state index contributed by atoms with van der Waals surface area (Å²) in [5.41, 5.74) is 1.44. The molecule has 0 aliphatic heterocycles. The third kappa shape index (κ3) is 1.87. The summed E-state index contributed by atoms with van der Waals surface area (Å²) in [6, 6.07) is 9.43. The van der Waals surface area contributed by atoms with E-state index in [4.69, 9.17) is 0 Å². The Balaban J connectivity index is 2.46. The Hall–Kier alpha value is -1.75. The van der Waals surface area contributed by atoms with E-state index in [0.29, 0.717) is 10.6 Å². The zero-order valence-electron chi connectivity index (χ0n) is 8.01. The van der Waals surface area contributed by atoms with Crippen LogP contribution in [0.5, 0.6) is 0 Å². The molecule has 4 nitrogen and oxygen atoms in total. The molecule has 0 aliphatic carbocycles. The summed E-state index contributed by atoms with van der Waals surface area (Å²) < 4.78 is 8.41. The number of aromatic nitrogens is 2.